The lowest BCUT2D eigenvalue weighted by Gasteiger charge is -2.24. The monoisotopic (exact) mass is 488 g/mol. The van der Waals surface area contributed by atoms with Crippen LogP contribution in [0.4, 0.5) is 5.69 Å². The summed E-state index contributed by atoms with van der Waals surface area (Å²) in [4.78, 5) is 12.7. The van der Waals surface area contributed by atoms with Crippen molar-refractivity contribution < 1.29 is 22.7 Å². The Bertz CT molecular complexity index is 1180. The second-order valence-corrected chi connectivity index (χ2v) is 9.42. The first-order valence-electron chi connectivity index (χ1n) is 10.2. The molecule has 0 atom stereocenters. The number of halogens is 1. The number of amides is 1. The van der Waals surface area contributed by atoms with E-state index in [4.69, 9.17) is 21.1 Å². The fraction of sp³-hybridized carbons (Fsp3) is 0.208. The molecule has 7 nitrogen and oxygen atoms in total. The van der Waals surface area contributed by atoms with Gasteiger partial charge >= 0.3 is 0 Å². The number of anilines is 1. The molecule has 0 aliphatic rings. The lowest BCUT2D eigenvalue weighted by Crippen LogP contribution is -2.41. The lowest BCUT2D eigenvalue weighted by atomic mass is 10.2. The number of hydrogen-bond acceptors (Lipinski definition) is 5. The molecule has 1 N–H and O–H groups in total. The van der Waals surface area contributed by atoms with Crippen LogP contribution in [0, 0.1) is 6.92 Å². The molecule has 3 rings (SSSR count). The van der Waals surface area contributed by atoms with Crippen molar-refractivity contribution in [1.82, 2.24) is 5.32 Å². The van der Waals surface area contributed by atoms with Gasteiger partial charge in [-0.1, -0.05) is 41.4 Å². The minimum Gasteiger partial charge on any atom is -0.497 e. The molecule has 0 unspecified atom stereocenters. The topological polar surface area (TPSA) is 84.9 Å². The van der Waals surface area contributed by atoms with Gasteiger partial charge in [0.1, 0.15) is 24.7 Å². The summed E-state index contributed by atoms with van der Waals surface area (Å²) in [5, 5.41) is 3.16. The third kappa shape index (κ3) is 6.40. The minimum atomic E-state index is -3.98. The Morgan fingerprint density at radius 2 is 1.67 bits per heavy atom. The molecule has 33 heavy (non-hydrogen) atoms. The van der Waals surface area contributed by atoms with Gasteiger partial charge in [-0.05, 0) is 55.5 Å². The zero-order valence-corrected chi connectivity index (χ0v) is 19.9. The largest absolute Gasteiger partial charge is 0.497 e. The van der Waals surface area contributed by atoms with Gasteiger partial charge in [0.15, 0.2) is 0 Å². The molecule has 3 aromatic carbocycles. The second-order valence-electron chi connectivity index (χ2n) is 7.15. The van der Waals surface area contributed by atoms with Gasteiger partial charge in [0.05, 0.1) is 29.3 Å². The molecule has 174 valence electrons. The van der Waals surface area contributed by atoms with Crippen molar-refractivity contribution in [2.45, 2.75) is 11.8 Å². The summed E-state index contributed by atoms with van der Waals surface area (Å²) in [5.74, 6) is 0.618. The van der Waals surface area contributed by atoms with Crippen LogP contribution >= 0.6 is 11.6 Å². The predicted molar refractivity (Wildman–Crippen MR) is 129 cm³/mol. The maximum Gasteiger partial charge on any atom is 0.264 e. The van der Waals surface area contributed by atoms with E-state index in [1.807, 2.05) is 6.92 Å². The number of nitrogens with one attached hydrogen (secondary N) is 1. The molecule has 0 saturated carbocycles. The average Bonchev–Trinajstić information content (AvgIpc) is 2.81. The van der Waals surface area contributed by atoms with E-state index >= 15 is 0 Å². The molecule has 0 aliphatic carbocycles. The summed E-state index contributed by atoms with van der Waals surface area (Å²) < 4.78 is 38.5. The van der Waals surface area contributed by atoms with E-state index in [0.717, 1.165) is 9.87 Å². The standard InChI is InChI=1S/C24H25ClN2O5S/c1-18-7-13-21(14-8-18)33(29,30)27(19-9-11-20(31-2)12-10-19)17-24(28)26-15-16-32-23-6-4-3-5-22(23)25/h3-14H,15-17H2,1-2H3,(H,26,28). The molecule has 0 aromatic heterocycles. The van der Waals surface area contributed by atoms with Crippen molar-refractivity contribution in [2.24, 2.45) is 0 Å². The quantitative estimate of drug-likeness (QED) is 0.435. The highest BCUT2D eigenvalue weighted by Gasteiger charge is 2.27. The third-order valence-corrected chi connectivity index (χ3v) is 6.88. The first-order valence-corrected chi connectivity index (χ1v) is 12.0. The molecule has 9 heteroatoms. The summed E-state index contributed by atoms with van der Waals surface area (Å²) in [6.45, 7) is 1.85. The van der Waals surface area contributed by atoms with Gasteiger partial charge in [0.25, 0.3) is 10.0 Å². The van der Waals surface area contributed by atoms with Gasteiger partial charge in [-0.3, -0.25) is 9.10 Å². The number of hydrogen-bond donors (Lipinski definition) is 1. The normalized spacial score (nSPS) is 11.0. The molecular formula is C24H25ClN2O5S. The third-order valence-electron chi connectivity index (χ3n) is 4.78. The van der Waals surface area contributed by atoms with Crippen molar-refractivity contribution in [3.05, 3.63) is 83.4 Å². The van der Waals surface area contributed by atoms with Crippen molar-refractivity contribution in [3.8, 4) is 11.5 Å². The summed E-state index contributed by atoms with van der Waals surface area (Å²) in [6, 6.07) is 20.0. The molecule has 0 spiro atoms. The first kappa shape index (κ1) is 24.4. The van der Waals surface area contributed by atoms with E-state index in [0.29, 0.717) is 22.2 Å². The van der Waals surface area contributed by atoms with Crippen LogP contribution in [0.3, 0.4) is 0 Å². The zero-order valence-electron chi connectivity index (χ0n) is 18.3. The van der Waals surface area contributed by atoms with Crippen LogP contribution in [0.15, 0.2) is 77.7 Å². The average molecular weight is 489 g/mol. The summed E-state index contributed by atoms with van der Waals surface area (Å²) in [7, 11) is -2.46. The summed E-state index contributed by atoms with van der Waals surface area (Å²) >= 11 is 6.05. The number of carbonyl (C=O) groups excluding carboxylic acids is 1. The Balaban J connectivity index is 1.72. The highest BCUT2D eigenvalue weighted by molar-refractivity contribution is 7.92. The van der Waals surface area contributed by atoms with E-state index < -0.39 is 22.5 Å². The second kappa shape index (κ2) is 11.1. The molecule has 1 amide bonds. The smallest absolute Gasteiger partial charge is 0.264 e. The van der Waals surface area contributed by atoms with E-state index in [1.54, 1.807) is 60.7 Å². The highest BCUT2D eigenvalue weighted by Crippen LogP contribution is 2.26. The molecule has 0 fully saturated rings. The van der Waals surface area contributed by atoms with Crippen molar-refractivity contribution in [1.29, 1.82) is 0 Å². The van der Waals surface area contributed by atoms with E-state index in [1.165, 1.54) is 19.2 Å². The summed E-state index contributed by atoms with van der Waals surface area (Å²) in [6.07, 6.45) is 0. The number of rotatable bonds is 10. The molecule has 3 aromatic rings. The fourth-order valence-corrected chi connectivity index (χ4v) is 4.61. The number of sulfonamides is 1. The molecule has 0 saturated heterocycles. The fourth-order valence-electron chi connectivity index (χ4n) is 3.00. The number of carbonyl (C=O) groups is 1. The van der Waals surface area contributed by atoms with Crippen LogP contribution in [-0.2, 0) is 14.8 Å². The Morgan fingerprint density at radius 1 is 1.00 bits per heavy atom. The van der Waals surface area contributed by atoms with Crippen molar-refractivity contribution in [2.75, 3.05) is 31.1 Å². The number of aryl methyl sites for hydroxylation is 1. The Morgan fingerprint density at radius 3 is 2.30 bits per heavy atom. The van der Waals surface area contributed by atoms with Crippen LogP contribution in [0.5, 0.6) is 11.5 Å². The number of benzene rings is 3. The molecule has 0 bridgehead atoms. The van der Waals surface area contributed by atoms with Gasteiger partial charge in [-0.25, -0.2) is 8.42 Å². The first-order chi connectivity index (χ1) is 15.8. The lowest BCUT2D eigenvalue weighted by molar-refractivity contribution is -0.119. The molecule has 0 heterocycles. The molecule has 0 aliphatic heterocycles. The Hall–Kier alpha value is -3.23. The Kier molecular flexibility index (Phi) is 8.19. The van der Waals surface area contributed by atoms with Gasteiger partial charge in [-0.2, -0.15) is 0 Å². The van der Waals surface area contributed by atoms with E-state index in [-0.39, 0.29) is 18.0 Å². The maximum absolute atomic E-state index is 13.4. The minimum absolute atomic E-state index is 0.0961. The predicted octanol–water partition coefficient (Wildman–Crippen LogP) is 4.05. The van der Waals surface area contributed by atoms with Crippen LogP contribution in [-0.4, -0.2) is 41.1 Å². The van der Waals surface area contributed by atoms with Crippen molar-refractivity contribution in [3.63, 3.8) is 0 Å². The number of para-hydroxylation sites is 1. The summed E-state index contributed by atoms with van der Waals surface area (Å²) in [5.41, 5.74) is 1.28. The number of nitrogens with zero attached hydrogens (tertiary/aromatic N) is 1. The van der Waals surface area contributed by atoms with Crippen LogP contribution in [0.25, 0.3) is 0 Å². The van der Waals surface area contributed by atoms with Gasteiger partial charge in [0.2, 0.25) is 5.91 Å². The molecule has 0 radical (unpaired) electrons. The van der Waals surface area contributed by atoms with Crippen molar-refractivity contribution >= 4 is 33.2 Å². The molecular weight excluding hydrogens is 464 g/mol. The van der Waals surface area contributed by atoms with E-state index in [2.05, 4.69) is 5.32 Å². The van der Waals surface area contributed by atoms with Crippen LogP contribution in [0.2, 0.25) is 5.02 Å². The van der Waals surface area contributed by atoms with Crippen LogP contribution in [0.1, 0.15) is 5.56 Å². The number of ether oxygens (including phenoxy) is 2. The van der Waals surface area contributed by atoms with Gasteiger partial charge in [0, 0.05) is 0 Å². The Labute approximate surface area is 198 Å². The van der Waals surface area contributed by atoms with Crippen LogP contribution < -0.4 is 19.1 Å². The van der Waals surface area contributed by atoms with E-state index in [9.17, 15) is 13.2 Å². The van der Waals surface area contributed by atoms with Gasteiger partial charge < -0.3 is 14.8 Å². The zero-order chi connectivity index (χ0) is 23.8. The SMILES string of the molecule is COc1ccc(N(CC(=O)NCCOc2ccccc2Cl)S(=O)(=O)c2ccc(C)cc2)cc1. The number of methoxy groups -OCH3 is 1. The van der Waals surface area contributed by atoms with Gasteiger partial charge in [-0.15, -0.1) is 0 Å². The maximum atomic E-state index is 13.4. The highest BCUT2D eigenvalue weighted by atomic mass is 35.5.